The molecular weight excluding hydrogens is 290 g/mol. The molecule has 1 aromatic rings. The standard InChI is InChI=1S/C18H27N3S/c1-2-19-17(20-13-16-9-6-12-22-16)21-14-18(10-11-18)15-7-4-3-5-8-15/h3-5,7-8,16H,2,6,9-14H2,1H3,(H2,19,20,21). The van der Waals surface area contributed by atoms with E-state index in [9.17, 15) is 0 Å². The number of thioether (sulfide) groups is 1. The summed E-state index contributed by atoms with van der Waals surface area (Å²) in [5, 5.41) is 7.68. The number of nitrogens with one attached hydrogen (secondary N) is 2. The second kappa shape index (κ2) is 7.40. The molecular formula is C18H27N3S. The minimum atomic E-state index is 0.297. The summed E-state index contributed by atoms with van der Waals surface area (Å²) in [7, 11) is 0. The van der Waals surface area contributed by atoms with Crippen LogP contribution in [0, 0.1) is 0 Å². The van der Waals surface area contributed by atoms with Gasteiger partial charge in [-0.2, -0.15) is 11.8 Å². The van der Waals surface area contributed by atoms with Gasteiger partial charge < -0.3 is 10.6 Å². The van der Waals surface area contributed by atoms with Gasteiger partial charge in [0.05, 0.1) is 6.54 Å². The van der Waals surface area contributed by atoms with Gasteiger partial charge in [0.25, 0.3) is 0 Å². The van der Waals surface area contributed by atoms with Gasteiger partial charge in [-0.1, -0.05) is 30.3 Å². The van der Waals surface area contributed by atoms with Crippen molar-refractivity contribution in [3.8, 4) is 0 Å². The summed E-state index contributed by atoms with van der Waals surface area (Å²) in [6.45, 7) is 4.98. The lowest BCUT2D eigenvalue weighted by atomic mass is 9.96. The van der Waals surface area contributed by atoms with Crippen molar-refractivity contribution in [1.82, 2.24) is 10.6 Å². The molecule has 0 amide bonds. The molecule has 0 aromatic heterocycles. The summed E-state index contributed by atoms with van der Waals surface area (Å²) < 4.78 is 0. The number of hydrogen-bond donors (Lipinski definition) is 2. The molecule has 1 aliphatic heterocycles. The summed E-state index contributed by atoms with van der Waals surface area (Å²) in [5.74, 6) is 2.30. The molecule has 1 saturated heterocycles. The van der Waals surface area contributed by atoms with Gasteiger partial charge in [0.15, 0.2) is 5.96 Å². The molecule has 3 nitrogen and oxygen atoms in total. The molecule has 120 valence electrons. The van der Waals surface area contributed by atoms with Crippen molar-refractivity contribution in [2.45, 2.75) is 43.3 Å². The Kier molecular flexibility index (Phi) is 5.29. The van der Waals surface area contributed by atoms with E-state index in [2.05, 4.69) is 59.7 Å². The van der Waals surface area contributed by atoms with E-state index in [1.165, 1.54) is 37.0 Å². The highest BCUT2D eigenvalue weighted by molar-refractivity contribution is 8.00. The Morgan fingerprint density at radius 1 is 1.27 bits per heavy atom. The molecule has 2 fully saturated rings. The van der Waals surface area contributed by atoms with E-state index < -0.39 is 0 Å². The lowest BCUT2D eigenvalue weighted by molar-refractivity contribution is 0.685. The van der Waals surface area contributed by atoms with Gasteiger partial charge in [0.2, 0.25) is 0 Å². The third-order valence-electron chi connectivity index (χ3n) is 4.64. The summed E-state index contributed by atoms with van der Waals surface area (Å²) in [6, 6.07) is 10.9. The van der Waals surface area contributed by atoms with E-state index >= 15 is 0 Å². The van der Waals surface area contributed by atoms with Crippen LogP contribution in [0.5, 0.6) is 0 Å². The van der Waals surface area contributed by atoms with Crippen LogP contribution in [0.4, 0.5) is 0 Å². The molecule has 0 spiro atoms. The van der Waals surface area contributed by atoms with E-state index in [1.807, 2.05) is 0 Å². The Morgan fingerprint density at radius 2 is 2.09 bits per heavy atom. The second-order valence-corrected chi connectivity index (χ2v) is 7.77. The minimum Gasteiger partial charge on any atom is -0.357 e. The maximum absolute atomic E-state index is 4.87. The highest BCUT2D eigenvalue weighted by atomic mass is 32.2. The van der Waals surface area contributed by atoms with E-state index in [0.29, 0.717) is 5.41 Å². The normalized spacial score (nSPS) is 23.3. The number of aliphatic imine (C=N–C) groups is 1. The Morgan fingerprint density at radius 3 is 2.73 bits per heavy atom. The van der Waals surface area contributed by atoms with Crippen molar-refractivity contribution in [2.75, 3.05) is 25.4 Å². The van der Waals surface area contributed by atoms with Gasteiger partial charge in [0.1, 0.15) is 0 Å². The maximum Gasteiger partial charge on any atom is 0.191 e. The summed E-state index contributed by atoms with van der Waals surface area (Å²) in [5.41, 5.74) is 1.74. The van der Waals surface area contributed by atoms with Crippen molar-refractivity contribution in [3.05, 3.63) is 35.9 Å². The first-order chi connectivity index (χ1) is 10.8. The molecule has 22 heavy (non-hydrogen) atoms. The highest BCUT2D eigenvalue weighted by Crippen LogP contribution is 2.48. The van der Waals surface area contributed by atoms with Crippen LogP contribution in [0.1, 0.15) is 38.2 Å². The monoisotopic (exact) mass is 317 g/mol. The minimum absolute atomic E-state index is 0.297. The number of rotatable bonds is 6. The van der Waals surface area contributed by atoms with Crippen LogP contribution in [0.2, 0.25) is 0 Å². The SMILES string of the molecule is CCNC(=NCC1(c2ccccc2)CC1)NCC1CCCS1. The molecule has 3 rings (SSSR count). The van der Waals surface area contributed by atoms with Crippen molar-refractivity contribution in [3.63, 3.8) is 0 Å². The van der Waals surface area contributed by atoms with Gasteiger partial charge >= 0.3 is 0 Å². The fraction of sp³-hybridized carbons (Fsp3) is 0.611. The summed E-state index contributed by atoms with van der Waals surface area (Å²) in [6.07, 6.45) is 5.23. The van der Waals surface area contributed by atoms with Crippen LogP contribution in [0.15, 0.2) is 35.3 Å². The molecule has 1 atom stereocenters. The molecule has 1 unspecified atom stereocenters. The van der Waals surface area contributed by atoms with Crippen LogP contribution in [-0.2, 0) is 5.41 Å². The zero-order valence-electron chi connectivity index (χ0n) is 13.5. The van der Waals surface area contributed by atoms with Gasteiger partial charge in [0, 0.05) is 23.8 Å². The Balaban J connectivity index is 1.58. The predicted octanol–water partition coefficient (Wildman–Crippen LogP) is 3.17. The van der Waals surface area contributed by atoms with Crippen molar-refractivity contribution in [2.24, 2.45) is 4.99 Å². The first-order valence-electron chi connectivity index (χ1n) is 8.52. The van der Waals surface area contributed by atoms with Crippen molar-refractivity contribution in [1.29, 1.82) is 0 Å². The predicted molar refractivity (Wildman–Crippen MR) is 96.8 cm³/mol. The zero-order valence-corrected chi connectivity index (χ0v) is 14.3. The number of benzene rings is 1. The Hall–Kier alpha value is -1.16. The topological polar surface area (TPSA) is 36.4 Å². The highest BCUT2D eigenvalue weighted by Gasteiger charge is 2.43. The third-order valence-corrected chi connectivity index (χ3v) is 6.04. The maximum atomic E-state index is 4.87. The van der Waals surface area contributed by atoms with E-state index in [-0.39, 0.29) is 0 Å². The number of hydrogen-bond acceptors (Lipinski definition) is 2. The number of guanidine groups is 1. The van der Waals surface area contributed by atoms with Crippen LogP contribution >= 0.6 is 11.8 Å². The third kappa shape index (κ3) is 3.97. The smallest absolute Gasteiger partial charge is 0.191 e. The largest absolute Gasteiger partial charge is 0.357 e. The van der Waals surface area contributed by atoms with E-state index in [1.54, 1.807) is 0 Å². The molecule has 1 aliphatic carbocycles. The fourth-order valence-corrected chi connectivity index (χ4v) is 4.27. The van der Waals surface area contributed by atoms with Gasteiger partial charge in [-0.3, -0.25) is 4.99 Å². The van der Waals surface area contributed by atoms with Crippen molar-refractivity contribution >= 4 is 17.7 Å². The van der Waals surface area contributed by atoms with Crippen LogP contribution in [0.25, 0.3) is 0 Å². The second-order valence-electron chi connectivity index (χ2n) is 6.36. The van der Waals surface area contributed by atoms with Gasteiger partial charge in [-0.15, -0.1) is 0 Å². The first-order valence-corrected chi connectivity index (χ1v) is 9.57. The lowest BCUT2D eigenvalue weighted by Gasteiger charge is -2.17. The Labute approximate surface area is 138 Å². The summed E-state index contributed by atoms with van der Waals surface area (Å²) in [4.78, 5) is 4.87. The van der Waals surface area contributed by atoms with Gasteiger partial charge in [-0.25, -0.2) is 0 Å². The molecule has 4 heteroatoms. The fourth-order valence-electron chi connectivity index (χ4n) is 3.07. The number of nitrogens with zero attached hydrogens (tertiary/aromatic N) is 1. The molecule has 0 radical (unpaired) electrons. The average Bonchev–Trinajstić information content (AvgIpc) is 3.17. The van der Waals surface area contributed by atoms with Crippen LogP contribution < -0.4 is 10.6 Å². The summed E-state index contributed by atoms with van der Waals surface area (Å²) >= 11 is 2.09. The van der Waals surface area contributed by atoms with Gasteiger partial charge in [-0.05, 0) is 43.9 Å². The molecule has 2 aliphatic rings. The van der Waals surface area contributed by atoms with Crippen LogP contribution in [-0.4, -0.2) is 36.6 Å². The molecule has 2 N–H and O–H groups in total. The molecule has 1 aromatic carbocycles. The van der Waals surface area contributed by atoms with Crippen LogP contribution in [0.3, 0.4) is 0 Å². The first kappa shape index (κ1) is 15.7. The van der Waals surface area contributed by atoms with Crippen molar-refractivity contribution < 1.29 is 0 Å². The lowest BCUT2D eigenvalue weighted by Crippen LogP contribution is -2.40. The van der Waals surface area contributed by atoms with E-state index in [4.69, 9.17) is 4.99 Å². The molecule has 1 heterocycles. The zero-order chi connectivity index (χ0) is 15.3. The Bertz CT molecular complexity index is 490. The molecule has 1 saturated carbocycles. The van der Waals surface area contributed by atoms with E-state index in [0.717, 1.165) is 30.8 Å². The average molecular weight is 318 g/mol. The molecule has 0 bridgehead atoms. The quantitative estimate of drug-likeness (QED) is 0.625.